The molecule has 2 aromatic carbocycles. The van der Waals surface area contributed by atoms with Crippen LogP contribution in [0.15, 0.2) is 59.6 Å². The van der Waals surface area contributed by atoms with Crippen LogP contribution in [0, 0.1) is 11.3 Å². The number of nitriles is 1. The number of aliphatic imine (C=N–C) groups is 1. The molecule has 1 atom stereocenters. The fraction of sp³-hybridized carbons (Fsp3) is 0.364. The first kappa shape index (κ1) is 20.5. The van der Waals surface area contributed by atoms with Crippen LogP contribution in [0.2, 0.25) is 0 Å². The molecule has 2 N–H and O–H groups in total. The normalized spacial score (nSPS) is 12.3. The van der Waals surface area contributed by atoms with Gasteiger partial charge in [0, 0.05) is 19.7 Å². The van der Waals surface area contributed by atoms with Gasteiger partial charge >= 0.3 is 0 Å². The average Bonchev–Trinajstić information content (AvgIpc) is 2.72. The van der Waals surface area contributed by atoms with Crippen molar-refractivity contribution in [2.24, 2.45) is 4.99 Å². The molecule has 0 saturated heterocycles. The van der Waals surface area contributed by atoms with Gasteiger partial charge < -0.3 is 15.4 Å². The van der Waals surface area contributed by atoms with Gasteiger partial charge in [-0.2, -0.15) is 5.26 Å². The molecule has 0 spiro atoms. The van der Waals surface area contributed by atoms with E-state index in [1.54, 1.807) is 0 Å². The zero-order valence-electron chi connectivity index (χ0n) is 16.1. The van der Waals surface area contributed by atoms with Crippen molar-refractivity contribution in [1.82, 2.24) is 10.6 Å². The molecule has 0 aliphatic carbocycles. The highest BCUT2D eigenvalue weighted by Crippen LogP contribution is 2.15. The van der Waals surface area contributed by atoms with Crippen LogP contribution < -0.4 is 10.6 Å². The van der Waals surface area contributed by atoms with E-state index in [9.17, 15) is 0 Å². The summed E-state index contributed by atoms with van der Waals surface area (Å²) < 4.78 is 5.89. The molecule has 142 valence electrons. The zero-order valence-corrected chi connectivity index (χ0v) is 16.1. The lowest BCUT2D eigenvalue weighted by molar-refractivity contribution is 0.0646. The lowest BCUT2D eigenvalue weighted by atomic mass is 10.1. The summed E-state index contributed by atoms with van der Waals surface area (Å²) in [7, 11) is 0. The average molecular weight is 364 g/mol. The summed E-state index contributed by atoms with van der Waals surface area (Å²) in [5, 5.41) is 15.4. The first-order valence-corrected chi connectivity index (χ1v) is 9.40. The van der Waals surface area contributed by atoms with E-state index in [0.29, 0.717) is 18.7 Å². The van der Waals surface area contributed by atoms with E-state index in [1.165, 1.54) is 5.56 Å². The van der Waals surface area contributed by atoms with E-state index >= 15 is 0 Å². The standard InChI is InChI=1S/C22H28N4O/c1-3-24-22(26-17-20-12-10-19(16-23)11-13-20)25-14-7-15-27-18(2)21-8-5-4-6-9-21/h4-6,8-13,18H,3,7,14-15,17H2,1-2H3,(H2,24,25,26). The van der Waals surface area contributed by atoms with Crippen LogP contribution in [-0.4, -0.2) is 25.7 Å². The molecule has 2 aromatic rings. The maximum Gasteiger partial charge on any atom is 0.191 e. The van der Waals surface area contributed by atoms with Crippen LogP contribution in [-0.2, 0) is 11.3 Å². The number of nitrogens with one attached hydrogen (secondary N) is 2. The Morgan fingerprint density at radius 2 is 1.85 bits per heavy atom. The molecule has 1 unspecified atom stereocenters. The van der Waals surface area contributed by atoms with Gasteiger partial charge in [0.2, 0.25) is 0 Å². The van der Waals surface area contributed by atoms with E-state index in [1.807, 2.05) is 49.4 Å². The van der Waals surface area contributed by atoms with Gasteiger partial charge in [0.05, 0.1) is 24.3 Å². The molecule has 0 aliphatic rings. The van der Waals surface area contributed by atoms with Crippen molar-refractivity contribution in [3.05, 3.63) is 71.3 Å². The number of hydrogen-bond donors (Lipinski definition) is 2. The third-order valence-electron chi connectivity index (χ3n) is 4.10. The number of rotatable bonds is 9. The maximum absolute atomic E-state index is 8.85. The highest BCUT2D eigenvalue weighted by Gasteiger charge is 2.04. The van der Waals surface area contributed by atoms with E-state index in [-0.39, 0.29) is 6.10 Å². The zero-order chi connectivity index (χ0) is 19.3. The summed E-state index contributed by atoms with van der Waals surface area (Å²) in [5.41, 5.74) is 2.94. The van der Waals surface area contributed by atoms with Crippen LogP contribution in [0.25, 0.3) is 0 Å². The highest BCUT2D eigenvalue weighted by atomic mass is 16.5. The van der Waals surface area contributed by atoms with Gasteiger partial charge in [0.1, 0.15) is 0 Å². The van der Waals surface area contributed by atoms with E-state index in [4.69, 9.17) is 10.00 Å². The SMILES string of the molecule is CCNC(=NCc1ccc(C#N)cc1)NCCCOC(C)c1ccccc1. The summed E-state index contributed by atoms with van der Waals surface area (Å²) in [6, 6.07) is 19.9. The molecule has 0 aliphatic heterocycles. The summed E-state index contributed by atoms with van der Waals surface area (Å²) in [6.45, 7) is 6.98. The Bertz CT molecular complexity index is 735. The molecule has 0 bridgehead atoms. The number of hydrogen-bond acceptors (Lipinski definition) is 3. The van der Waals surface area contributed by atoms with Gasteiger partial charge in [0.25, 0.3) is 0 Å². The topological polar surface area (TPSA) is 69.4 Å². The van der Waals surface area contributed by atoms with Gasteiger partial charge in [-0.15, -0.1) is 0 Å². The number of nitrogens with zero attached hydrogens (tertiary/aromatic N) is 2. The molecule has 0 amide bonds. The summed E-state index contributed by atoms with van der Waals surface area (Å²) in [5.74, 6) is 0.790. The number of guanidine groups is 1. The smallest absolute Gasteiger partial charge is 0.191 e. The first-order valence-electron chi connectivity index (χ1n) is 9.40. The molecule has 5 heteroatoms. The van der Waals surface area contributed by atoms with E-state index in [2.05, 4.69) is 40.8 Å². The van der Waals surface area contributed by atoms with Crippen molar-refractivity contribution in [3.63, 3.8) is 0 Å². The third kappa shape index (κ3) is 7.51. The predicted octanol–water partition coefficient (Wildman–Crippen LogP) is 3.78. The monoisotopic (exact) mass is 364 g/mol. The van der Waals surface area contributed by atoms with Gasteiger partial charge in [-0.3, -0.25) is 0 Å². The highest BCUT2D eigenvalue weighted by molar-refractivity contribution is 5.79. The Labute approximate surface area is 162 Å². The molecule has 2 rings (SSSR count). The lowest BCUT2D eigenvalue weighted by Crippen LogP contribution is -2.38. The Morgan fingerprint density at radius 3 is 2.52 bits per heavy atom. The second kappa shape index (κ2) is 11.7. The van der Waals surface area contributed by atoms with Gasteiger partial charge in [-0.25, -0.2) is 4.99 Å². The minimum Gasteiger partial charge on any atom is -0.374 e. The Morgan fingerprint density at radius 1 is 1.11 bits per heavy atom. The second-order valence-corrected chi connectivity index (χ2v) is 6.21. The van der Waals surface area contributed by atoms with Crippen molar-refractivity contribution in [2.45, 2.75) is 32.9 Å². The maximum atomic E-state index is 8.85. The Hall–Kier alpha value is -2.84. The van der Waals surface area contributed by atoms with Crippen LogP contribution in [0.1, 0.15) is 43.1 Å². The van der Waals surface area contributed by atoms with Crippen molar-refractivity contribution in [2.75, 3.05) is 19.7 Å². The minimum absolute atomic E-state index is 0.101. The molecule has 0 heterocycles. The van der Waals surface area contributed by atoms with Crippen LogP contribution in [0.4, 0.5) is 0 Å². The largest absolute Gasteiger partial charge is 0.374 e. The lowest BCUT2D eigenvalue weighted by Gasteiger charge is -2.14. The third-order valence-corrected chi connectivity index (χ3v) is 4.10. The minimum atomic E-state index is 0.101. The van der Waals surface area contributed by atoms with E-state index in [0.717, 1.165) is 31.0 Å². The van der Waals surface area contributed by atoms with Crippen LogP contribution >= 0.6 is 0 Å². The van der Waals surface area contributed by atoms with Crippen molar-refractivity contribution in [1.29, 1.82) is 5.26 Å². The van der Waals surface area contributed by atoms with Crippen molar-refractivity contribution >= 4 is 5.96 Å². The Kier molecular flexibility index (Phi) is 8.88. The fourth-order valence-electron chi connectivity index (χ4n) is 2.56. The van der Waals surface area contributed by atoms with Crippen LogP contribution in [0.3, 0.4) is 0 Å². The summed E-state index contributed by atoms with van der Waals surface area (Å²) in [4.78, 5) is 4.59. The molecular weight excluding hydrogens is 336 g/mol. The molecule has 0 aromatic heterocycles. The fourth-order valence-corrected chi connectivity index (χ4v) is 2.56. The molecule has 27 heavy (non-hydrogen) atoms. The molecule has 0 fully saturated rings. The molecule has 0 saturated carbocycles. The van der Waals surface area contributed by atoms with Gasteiger partial charge in [-0.05, 0) is 43.5 Å². The molecular formula is C22H28N4O. The Balaban J connectivity index is 1.72. The van der Waals surface area contributed by atoms with Crippen molar-refractivity contribution < 1.29 is 4.74 Å². The predicted molar refractivity (Wildman–Crippen MR) is 109 cm³/mol. The van der Waals surface area contributed by atoms with Crippen molar-refractivity contribution in [3.8, 4) is 6.07 Å². The second-order valence-electron chi connectivity index (χ2n) is 6.21. The first-order chi connectivity index (χ1) is 13.2. The van der Waals surface area contributed by atoms with E-state index < -0.39 is 0 Å². The molecule has 5 nitrogen and oxygen atoms in total. The number of ether oxygens (including phenoxy) is 1. The quantitative estimate of drug-likeness (QED) is 0.404. The molecule has 0 radical (unpaired) electrons. The van der Waals surface area contributed by atoms with Gasteiger partial charge in [0.15, 0.2) is 5.96 Å². The summed E-state index contributed by atoms with van der Waals surface area (Å²) >= 11 is 0. The van der Waals surface area contributed by atoms with Gasteiger partial charge in [-0.1, -0.05) is 42.5 Å². The summed E-state index contributed by atoms with van der Waals surface area (Å²) in [6.07, 6.45) is 1.00. The van der Waals surface area contributed by atoms with Crippen LogP contribution in [0.5, 0.6) is 0 Å². The number of benzene rings is 2.